The molecule has 0 unspecified atom stereocenters. The van der Waals surface area contributed by atoms with Crippen LogP contribution in [0.2, 0.25) is 0 Å². The summed E-state index contributed by atoms with van der Waals surface area (Å²) in [6.07, 6.45) is 4.45. The molecule has 0 bridgehead atoms. The van der Waals surface area contributed by atoms with Crippen molar-refractivity contribution in [3.63, 3.8) is 0 Å². The lowest BCUT2D eigenvalue weighted by Gasteiger charge is -2.07. The number of aryl methyl sites for hydroxylation is 1. The minimum atomic E-state index is -3.71. The molecular weight excluding hydrogens is 286 g/mol. The summed E-state index contributed by atoms with van der Waals surface area (Å²) in [4.78, 5) is 0.209. The van der Waals surface area contributed by atoms with Crippen LogP contribution in [-0.2, 0) is 10.0 Å². The molecule has 1 aliphatic rings. The van der Waals surface area contributed by atoms with Gasteiger partial charge >= 0.3 is 0 Å². The van der Waals surface area contributed by atoms with Crippen molar-refractivity contribution in [2.45, 2.75) is 43.4 Å². The van der Waals surface area contributed by atoms with Gasteiger partial charge in [0.05, 0.1) is 10.6 Å². The predicted octanol–water partition coefficient (Wildman–Crippen LogP) is 2.67. The summed E-state index contributed by atoms with van der Waals surface area (Å²) < 4.78 is 26.2. The molecule has 0 amide bonds. The number of nitrogen functional groups attached to an aromatic ring is 1. The van der Waals surface area contributed by atoms with Crippen molar-refractivity contribution in [2.75, 3.05) is 5.73 Å². The van der Waals surface area contributed by atoms with E-state index in [9.17, 15) is 8.42 Å². The fourth-order valence-electron chi connectivity index (χ4n) is 2.82. The second-order valence-electron chi connectivity index (χ2n) is 5.64. The summed E-state index contributed by atoms with van der Waals surface area (Å²) in [6.45, 7) is 1.91. The number of rotatable bonds is 3. The Balaban J connectivity index is 2.00. The van der Waals surface area contributed by atoms with Gasteiger partial charge < -0.3 is 5.73 Å². The van der Waals surface area contributed by atoms with Gasteiger partial charge in [0.25, 0.3) is 10.0 Å². The predicted molar refractivity (Wildman–Crippen MR) is 81.6 cm³/mol. The first kappa shape index (κ1) is 14.1. The lowest BCUT2D eigenvalue weighted by atomic mass is 10.1. The van der Waals surface area contributed by atoms with Gasteiger partial charge in [-0.25, -0.2) is 0 Å². The molecule has 5 nitrogen and oxygen atoms in total. The smallest absolute Gasteiger partial charge is 0.284 e. The Kier molecular flexibility index (Phi) is 3.49. The molecule has 0 aliphatic heterocycles. The molecule has 21 heavy (non-hydrogen) atoms. The lowest BCUT2D eigenvalue weighted by molar-refractivity contribution is 0.578. The summed E-state index contributed by atoms with van der Waals surface area (Å²) in [5.41, 5.74) is 7.68. The topological polar surface area (TPSA) is 78.0 Å². The number of hydrogen-bond acceptors (Lipinski definition) is 4. The van der Waals surface area contributed by atoms with Gasteiger partial charge in [-0.15, -0.1) is 4.09 Å². The Labute approximate surface area is 124 Å². The zero-order chi connectivity index (χ0) is 15.0. The van der Waals surface area contributed by atoms with E-state index in [2.05, 4.69) is 5.10 Å². The van der Waals surface area contributed by atoms with Crippen LogP contribution in [-0.4, -0.2) is 17.6 Å². The fourth-order valence-corrected chi connectivity index (χ4v) is 4.03. The van der Waals surface area contributed by atoms with Gasteiger partial charge in [0, 0.05) is 12.0 Å². The number of anilines is 1. The van der Waals surface area contributed by atoms with Crippen molar-refractivity contribution in [3.8, 4) is 0 Å². The summed E-state index contributed by atoms with van der Waals surface area (Å²) in [6, 6.07) is 8.40. The maximum Gasteiger partial charge on any atom is 0.284 e. The Morgan fingerprint density at radius 3 is 2.43 bits per heavy atom. The van der Waals surface area contributed by atoms with Crippen molar-refractivity contribution >= 4 is 15.8 Å². The normalized spacial score (nSPS) is 16.4. The maximum atomic E-state index is 12.6. The van der Waals surface area contributed by atoms with Crippen molar-refractivity contribution in [2.24, 2.45) is 0 Å². The first-order valence-electron chi connectivity index (χ1n) is 7.16. The minimum absolute atomic E-state index is 0.178. The molecule has 1 saturated carbocycles. The average molecular weight is 305 g/mol. The molecule has 1 heterocycles. The van der Waals surface area contributed by atoms with E-state index in [-0.39, 0.29) is 10.7 Å². The summed E-state index contributed by atoms with van der Waals surface area (Å²) in [5, 5.41) is 4.27. The molecule has 0 saturated heterocycles. The first-order valence-corrected chi connectivity index (χ1v) is 8.60. The highest BCUT2D eigenvalue weighted by Crippen LogP contribution is 2.34. The van der Waals surface area contributed by atoms with Crippen LogP contribution in [0.25, 0.3) is 0 Å². The Hall–Kier alpha value is -1.82. The van der Waals surface area contributed by atoms with Gasteiger partial charge in [0.15, 0.2) is 0 Å². The summed E-state index contributed by atoms with van der Waals surface area (Å²) in [5.74, 6) is 0.513. The molecule has 0 radical (unpaired) electrons. The number of nitrogens with two attached hydrogens (primary N) is 1. The van der Waals surface area contributed by atoms with Crippen molar-refractivity contribution < 1.29 is 8.42 Å². The number of aromatic nitrogens is 2. The molecule has 1 aromatic heterocycles. The van der Waals surface area contributed by atoms with Gasteiger partial charge in [-0.05, 0) is 31.9 Å². The largest absolute Gasteiger partial charge is 0.383 e. The monoisotopic (exact) mass is 305 g/mol. The van der Waals surface area contributed by atoms with Gasteiger partial charge in [0.1, 0.15) is 5.82 Å². The summed E-state index contributed by atoms with van der Waals surface area (Å²) >= 11 is 0. The molecule has 2 N–H and O–H groups in total. The van der Waals surface area contributed by atoms with Crippen LogP contribution >= 0.6 is 0 Å². The SMILES string of the molecule is Cc1ccc(S(=O)(=O)n2nc(C3CCCC3)cc2N)cc1. The van der Waals surface area contributed by atoms with Crippen LogP contribution < -0.4 is 5.73 Å². The van der Waals surface area contributed by atoms with Crippen molar-refractivity contribution in [1.82, 2.24) is 9.19 Å². The third-order valence-electron chi connectivity index (χ3n) is 4.04. The minimum Gasteiger partial charge on any atom is -0.383 e. The second kappa shape index (κ2) is 5.18. The highest BCUT2D eigenvalue weighted by Gasteiger charge is 2.25. The zero-order valence-corrected chi connectivity index (χ0v) is 12.8. The third-order valence-corrected chi connectivity index (χ3v) is 5.66. The highest BCUT2D eigenvalue weighted by atomic mass is 32.2. The molecule has 1 aromatic carbocycles. The molecule has 0 spiro atoms. The van der Waals surface area contributed by atoms with E-state index in [1.54, 1.807) is 30.3 Å². The second-order valence-corrected chi connectivity index (χ2v) is 7.40. The van der Waals surface area contributed by atoms with Crippen LogP contribution in [0.1, 0.15) is 42.9 Å². The molecule has 3 rings (SSSR count). The third kappa shape index (κ3) is 2.55. The molecule has 1 aliphatic carbocycles. The first-order chi connectivity index (χ1) is 9.98. The van der Waals surface area contributed by atoms with E-state index in [1.807, 2.05) is 6.92 Å². The Morgan fingerprint density at radius 2 is 1.81 bits per heavy atom. The quantitative estimate of drug-likeness (QED) is 0.945. The number of benzene rings is 1. The average Bonchev–Trinajstić information content (AvgIpc) is 3.08. The fraction of sp³-hybridized carbons (Fsp3) is 0.400. The standard InChI is InChI=1S/C15H19N3O2S/c1-11-6-8-13(9-7-11)21(19,20)18-15(16)10-14(17-18)12-4-2-3-5-12/h6-10,12H,2-5,16H2,1H3. The maximum absolute atomic E-state index is 12.6. The molecule has 6 heteroatoms. The highest BCUT2D eigenvalue weighted by molar-refractivity contribution is 7.90. The molecule has 1 fully saturated rings. The molecular formula is C15H19N3O2S. The zero-order valence-electron chi connectivity index (χ0n) is 12.0. The van der Waals surface area contributed by atoms with Gasteiger partial charge in [-0.1, -0.05) is 30.5 Å². The van der Waals surface area contributed by atoms with Crippen molar-refractivity contribution in [3.05, 3.63) is 41.6 Å². The number of hydrogen-bond donors (Lipinski definition) is 1. The molecule has 2 aromatic rings. The molecule has 0 atom stereocenters. The number of nitrogens with zero attached hydrogens (tertiary/aromatic N) is 2. The Bertz CT molecular complexity index is 742. The van der Waals surface area contributed by atoms with E-state index in [4.69, 9.17) is 5.73 Å². The molecule has 112 valence electrons. The van der Waals surface area contributed by atoms with Gasteiger partial charge in [-0.3, -0.25) is 0 Å². The van der Waals surface area contributed by atoms with E-state index < -0.39 is 10.0 Å². The van der Waals surface area contributed by atoms with E-state index in [0.29, 0.717) is 5.92 Å². The Morgan fingerprint density at radius 1 is 1.19 bits per heavy atom. The van der Waals surface area contributed by atoms with Crippen LogP contribution in [0.4, 0.5) is 5.82 Å². The van der Waals surface area contributed by atoms with Crippen LogP contribution in [0.15, 0.2) is 35.2 Å². The van der Waals surface area contributed by atoms with E-state index >= 15 is 0 Å². The van der Waals surface area contributed by atoms with Gasteiger partial charge in [0.2, 0.25) is 0 Å². The van der Waals surface area contributed by atoms with E-state index in [0.717, 1.165) is 28.2 Å². The lowest BCUT2D eigenvalue weighted by Crippen LogP contribution is -2.17. The van der Waals surface area contributed by atoms with Crippen LogP contribution in [0.5, 0.6) is 0 Å². The van der Waals surface area contributed by atoms with E-state index in [1.165, 1.54) is 12.8 Å². The van der Waals surface area contributed by atoms with Crippen molar-refractivity contribution in [1.29, 1.82) is 0 Å². The van der Waals surface area contributed by atoms with Crippen LogP contribution in [0, 0.1) is 6.92 Å². The van der Waals surface area contributed by atoms with Crippen LogP contribution in [0.3, 0.4) is 0 Å². The van der Waals surface area contributed by atoms with Gasteiger partial charge in [-0.2, -0.15) is 13.5 Å². The summed E-state index contributed by atoms with van der Waals surface area (Å²) in [7, 11) is -3.71.